The zero-order valence-electron chi connectivity index (χ0n) is 12.0. The Bertz CT molecular complexity index is 569. The highest BCUT2D eigenvalue weighted by molar-refractivity contribution is 6.30. The van der Waals surface area contributed by atoms with Crippen LogP contribution in [0.4, 0.5) is 0 Å². The molecule has 3 nitrogen and oxygen atoms in total. The molecule has 1 amide bonds. The summed E-state index contributed by atoms with van der Waals surface area (Å²) < 4.78 is 5.45. The van der Waals surface area contributed by atoms with Gasteiger partial charge in [-0.25, -0.2) is 0 Å². The van der Waals surface area contributed by atoms with Crippen molar-refractivity contribution in [3.8, 4) is 0 Å². The highest BCUT2D eigenvalue weighted by Gasteiger charge is 2.09. The van der Waals surface area contributed by atoms with Crippen LogP contribution in [0.1, 0.15) is 11.1 Å². The van der Waals surface area contributed by atoms with Crippen molar-refractivity contribution in [3.63, 3.8) is 0 Å². The summed E-state index contributed by atoms with van der Waals surface area (Å²) in [6.07, 6.45) is 0. The molecule has 4 heteroatoms. The lowest BCUT2D eigenvalue weighted by atomic mass is 10.2. The number of likely N-dealkylation sites (N-methyl/N-ethyl adjacent to an activating group) is 1. The number of nitrogens with zero attached hydrogens (tertiary/aromatic N) is 1. The average Bonchev–Trinajstić information content (AvgIpc) is 2.50. The minimum Gasteiger partial charge on any atom is -0.367 e. The number of halogens is 1. The first-order valence-corrected chi connectivity index (χ1v) is 7.13. The zero-order valence-corrected chi connectivity index (χ0v) is 12.7. The van der Waals surface area contributed by atoms with Crippen molar-refractivity contribution in [3.05, 3.63) is 70.7 Å². The van der Waals surface area contributed by atoms with E-state index in [9.17, 15) is 4.79 Å². The number of benzene rings is 2. The Morgan fingerprint density at radius 2 is 1.71 bits per heavy atom. The summed E-state index contributed by atoms with van der Waals surface area (Å²) in [4.78, 5) is 13.6. The molecule has 0 unspecified atom stereocenters. The molecule has 0 aliphatic rings. The van der Waals surface area contributed by atoms with Gasteiger partial charge in [0.2, 0.25) is 5.91 Å². The molecule has 0 saturated heterocycles. The molecular formula is C17H18ClNO2. The molecule has 0 N–H and O–H groups in total. The largest absolute Gasteiger partial charge is 0.367 e. The summed E-state index contributed by atoms with van der Waals surface area (Å²) in [7, 11) is 1.77. The second kappa shape index (κ2) is 7.81. The molecule has 110 valence electrons. The lowest BCUT2D eigenvalue weighted by Crippen LogP contribution is -2.29. The molecule has 2 aromatic carbocycles. The maximum absolute atomic E-state index is 12.0. The monoisotopic (exact) mass is 303 g/mol. The first-order valence-electron chi connectivity index (χ1n) is 6.75. The summed E-state index contributed by atoms with van der Waals surface area (Å²) in [5.41, 5.74) is 2.10. The van der Waals surface area contributed by atoms with E-state index in [1.807, 2.05) is 54.6 Å². The molecule has 0 radical (unpaired) electrons. The van der Waals surface area contributed by atoms with Crippen LogP contribution < -0.4 is 0 Å². The maximum atomic E-state index is 12.0. The average molecular weight is 304 g/mol. The van der Waals surface area contributed by atoms with Gasteiger partial charge in [-0.05, 0) is 23.3 Å². The second-order valence-electron chi connectivity index (χ2n) is 4.85. The highest BCUT2D eigenvalue weighted by atomic mass is 35.5. The summed E-state index contributed by atoms with van der Waals surface area (Å²) in [6.45, 7) is 1.07. The normalized spacial score (nSPS) is 10.4. The van der Waals surface area contributed by atoms with E-state index < -0.39 is 0 Å². The van der Waals surface area contributed by atoms with Crippen LogP contribution in [0.5, 0.6) is 0 Å². The molecule has 0 atom stereocenters. The summed E-state index contributed by atoms with van der Waals surface area (Å²) in [5.74, 6) is -0.0409. The van der Waals surface area contributed by atoms with Gasteiger partial charge in [-0.15, -0.1) is 0 Å². The minimum absolute atomic E-state index is 0.0409. The topological polar surface area (TPSA) is 29.5 Å². The molecule has 0 aliphatic carbocycles. The predicted molar refractivity (Wildman–Crippen MR) is 84.0 cm³/mol. The second-order valence-corrected chi connectivity index (χ2v) is 5.29. The highest BCUT2D eigenvalue weighted by Crippen LogP contribution is 2.11. The van der Waals surface area contributed by atoms with Crippen LogP contribution in [0, 0.1) is 0 Å². The molecule has 0 bridgehead atoms. The van der Waals surface area contributed by atoms with Crippen molar-refractivity contribution < 1.29 is 9.53 Å². The quantitative estimate of drug-likeness (QED) is 0.817. The Morgan fingerprint density at radius 3 is 2.38 bits per heavy atom. The van der Waals surface area contributed by atoms with Gasteiger partial charge in [0.25, 0.3) is 0 Å². The van der Waals surface area contributed by atoms with Crippen LogP contribution in [-0.2, 0) is 22.7 Å². The van der Waals surface area contributed by atoms with Crippen molar-refractivity contribution in [2.45, 2.75) is 13.2 Å². The van der Waals surface area contributed by atoms with E-state index in [0.717, 1.165) is 11.1 Å². The van der Waals surface area contributed by atoms with Gasteiger partial charge in [-0.2, -0.15) is 0 Å². The van der Waals surface area contributed by atoms with E-state index in [-0.39, 0.29) is 12.5 Å². The van der Waals surface area contributed by atoms with Crippen molar-refractivity contribution in [1.82, 2.24) is 4.90 Å². The lowest BCUT2D eigenvalue weighted by molar-refractivity contribution is -0.135. The van der Waals surface area contributed by atoms with Crippen molar-refractivity contribution in [2.24, 2.45) is 0 Å². The predicted octanol–water partition coefficient (Wildman–Crippen LogP) is 3.52. The van der Waals surface area contributed by atoms with Crippen LogP contribution in [0.2, 0.25) is 5.02 Å². The van der Waals surface area contributed by atoms with Gasteiger partial charge in [0.15, 0.2) is 0 Å². The summed E-state index contributed by atoms with van der Waals surface area (Å²) >= 11 is 5.84. The Balaban J connectivity index is 1.76. The van der Waals surface area contributed by atoms with Crippen LogP contribution in [-0.4, -0.2) is 24.5 Å². The van der Waals surface area contributed by atoms with Crippen molar-refractivity contribution >= 4 is 17.5 Å². The van der Waals surface area contributed by atoms with E-state index in [2.05, 4.69) is 0 Å². The van der Waals surface area contributed by atoms with Crippen LogP contribution >= 0.6 is 11.6 Å². The number of carbonyl (C=O) groups is 1. The fourth-order valence-corrected chi connectivity index (χ4v) is 2.02. The van der Waals surface area contributed by atoms with E-state index in [1.54, 1.807) is 11.9 Å². The van der Waals surface area contributed by atoms with Gasteiger partial charge in [0, 0.05) is 18.6 Å². The Hall–Kier alpha value is -1.84. The first-order chi connectivity index (χ1) is 10.1. The fraction of sp³-hybridized carbons (Fsp3) is 0.235. The Kier molecular flexibility index (Phi) is 5.78. The van der Waals surface area contributed by atoms with E-state index in [0.29, 0.717) is 18.2 Å². The van der Waals surface area contributed by atoms with Gasteiger partial charge in [-0.3, -0.25) is 4.79 Å². The molecular weight excluding hydrogens is 286 g/mol. The van der Waals surface area contributed by atoms with Crippen molar-refractivity contribution in [1.29, 1.82) is 0 Å². The third-order valence-corrected chi connectivity index (χ3v) is 3.35. The van der Waals surface area contributed by atoms with Gasteiger partial charge >= 0.3 is 0 Å². The lowest BCUT2D eigenvalue weighted by Gasteiger charge is -2.17. The smallest absolute Gasteiger partial charge is 0.248 e. The van der Waals surface area contributed by atoms with Gasteiger partial charge < -0.3 is 9.64 Å². The number of amides is 1. The molecule has 21 heavy (non-hydrogen) atoms. The molecule has 0 aliphatic heterocycles. The molecule has 0 heterocycles. The van der Waals surface area contributed by atoms with E-state index >= 15 is 0 Å². The maximum Gasteiger partial charge on any atom is 0.248 e. The van der Waals surface area contributed by atoms with Gasteiger partial charge in [0.05, 0.1) is 6.61 Å². The molecule has 0 aromatic heterocycles. The standard InChI is InChI=1S/C17H18ClNO2/c1-19(11-14-7-9-16(18)10-8-14)17(20)13-21-12-15-5-3-2-4-6-15/h2-10H,11-13H2,1H3. The third kappa shape index (κ3) is 5.21. The fourth-order valence-electron chi connectivity index (χ4n) is 1.89. The van der Waals surface area contributed by atoms with Gasteiger partial charge in [-0.1, -0.05) is 54.1 Å². The Labute approximate surface area is 130 Å². The number of rotatable bonds is 6. The van der Waals surface area contributed by atoms with Crippen LogP contribution in [0.3, 0.4) is 0 Å². The van der Waals surface area contributed by atoms with Crippen molar-refractivity contribution in [2.75, 3.05) is 13.7 Å². The first kappa shape index (κ1) is 15.5. The summed E-state index contributed by atoms with van der Waals surface area (Å²) in [6, 6.07) is 17.3. The molecule has 0 spiro atoms. The Morgan fingerprint density at radius 1 is 1.05 bits per heavy atom. The molecule has 2 aromatic rings. The van der Waals surface area contributed by atoms with Gasteiger partial charge in [0.1, 0.15) is 6.61 Å². The van der Waals surface area contributed by atoms with Crippen LogP contribution in [0.25, 0.3) is 0 Å². The summed E-state index contributed by atoms with van der Waals surface area (Å²) in [5, 5.41) is 0.693. The SMILES string of the molecule is CN(Cc1ccc(Cl)cc1)C(=O)COCc1ccccc1. The number of ether oxygens (including phenoxy) is 1. The molecule has 0 saturated carbocycles. The number of carbonyl (C=O) groups excluding carboxylic acids is 1. The number of hydrogen-bond donors (Lipinski definition) is 0. The molecule has 2 rings (SSSR count). The third-order valence-electron chi connectivity index (χ3n) is 3.10. The molecule has 0 fully saturated rings. The van der Waals surface area contributed by atoms with Crippen LogP contribution in [0.15, 0.2) is 54.6 Å². The minimum atomic E-state index is -0.0409. The van der Waals surface area contributed by atoms with E-state index in [4.69, 9.17) is 16.3 Å². The number of hydrogen-bond acceptors (Lipinski definition) is 2. The zero-order chi connectivity index (χ0) is 15.1. The van der Waals surface area contributed by atoms with E-state index in [1.165, 1.54) is 0 Å².